The van der Waals surface area contributed by atoms with Gasteiger partial charge in [-0.1, -0.05) is 41.4 Å². The van der Waals surface area contributed by atoms with E-state index >= 15 is 0 Å². The first-order chi connectivity index (χ1) is 13.7. The molecule has 156 valence electrons. The molecule has 5 nitrogen and oxygen atoms in total. The molecule has 0 saturated carbocycles. The molecule has 0 aromatic heterocycles. The second-order valence-corrected chi connectivity index (χ2v) is 8.50. The Morgan fingerprint density at radius 3 is 2.52 bits per heavy atom. The van der Waals surface area contributed by atoms with Gasteiger partial charge in [0.1, 0.15) is 11.8 Å². The minimum absolute atomic E-state index is 0.0119. The van der Waals surface area contributed by atoms with Gasteiger partial charge >= 0.3 is 0 Å². The molecule has 0 saturated heterocycles. The number of rotatable bonds is 8. The summed E-state index contributed by atoms with van der Waals surface area (Å²) >= 11 is 9.32. The van der Waals surface area contributed by atoms with E-state index in [2.05, 4.69) is 21.2 Å². The van der Waals surface area contributed by atoms with E-state index in [0.717, 1.165) is 11.1 Å². The minimum Gasteiger partial charge on any atom is -0.483 e. The molecule has 2 rings (SSSR count). The Morgan fingerprint density at radius 2 is 1.90 bits per heavy atom. The van der Waals surface area contributed by atoms with Gasteiger partial charge in [0.15, 0.2) is 6.61 Å². The average Bonchev–Trinajstić information content (AvgIpc) is 2.64. The van der Waals surface area contributed by atoms with Gasteiger partial charge in [-0.2, -0.15) is 0 Å². The monoisotopic (exact) mass is 480 g/mol. The quantitative estimate of drug-likeness (QED) is 0.593. The Morgan fingerprint density at radius 1 is 1.17 bits per heavy atom. The first kappa shape index (κ1) is 23.2. The fourth-order valence-electron chi connectivity index (χ4n) is 2.81. The van der Waals surface area contributed by atoms with Gasteiger partial charge in [-0.25, -0.2) is 0 Å². The van der Waals surface area contributed by atoms with Crippen LogP contribution in [0.15, 0.2) is 46.9 Å². The number of carbonyl (C=O) groups is 2. The van der Waals surface area contributed by atoms with Crippen LogP contribution in [-0.2, 0) is 16.1 Å². The molecular weight excluding hydrogens is 456 g/mol. The molecule has 0 aliphatic heterocycles. The predicted octanol–water partition coefficient (Wildman–Crippen LogP) is 4.73. The van der Waals surface area contributed by atoms with E-state index in [-0.39, 0.29) is 24.5 Å². The molecule has 2 aromatic rings. The maximum atomic E-state index is 13.0. The zero-order chi connectivity index (χ0) is 21.6. The van der Waals surface area contributed by atoms with Crippen LogP contribution in [-0.4, -0.2) is 35.4 Å². The molecule has 2 aromatic carbocycles. The first-order valence-corrected chi connectivity index (χ1v) is 10.6. The Hall–Kier alpha value is -2.05. The van der Waals surface area contributed by atoms with E-state index in [1.54, 1.807) is 25.1 Å². The summed E-state index contributed by atoms with van der Waals surface area (Å²) < 4.78 is 6.34. The molecule has 29 heavy (non-hydrogen) atoms. The molecule has 7 heteroatoms. The van der Waals surface area contributed by atoms with E-state index < -0.39 is 6.04 Å². The minimum atomic E-state index is -0.636. The van der Waals surface area contributed by atoms with Gasteiger partial charge in [0.25, 0.3) is 5.91 Å². The number of nitrogens with zero attached hydrogens (tertiary/aromatic N) is 1. The van der Waals surface area contributed by atoms with Crippen molar-refractivity contribution in [2.75, 3.05) is 6.61 Å². The van der Waals surface area contributed by atoms with Gasteiger partial charge in [0.2, 0.25) is 5.91 Å². The maximum Gasteiger partial charge on any atom is 0.261 e. The fourth-order valence-corrected chi connectivity index (χ4v) is 3.61. The highest BCUT2D eigenvalue weighted by molar-refractivity contribution is 9.10. The van der Waals surface area contributed by atoms with Crippen LogP contribution in [0.2, 0.25) is 5.02 Å². The molecule has 0 unspecified atom stereocenters. The third kappa shape index (κ3) is 7.05. The van der Waals surface area contributed by atoms with Crippen molar-refractivity contribution >= 4 is 39.3 Å². The lowest BCUT2D eigenvalue weighted by Gasteiger charge is -2.29. The summed E-state index contributed by atoms with van der Waals surface area (Å²) in [4.78, 5) is 27.1. The van der Waals surface area contributed by atoms with Crippen molar-refractivity contribution in [1.82, 2.24) is 10.2 Å². The summed E-state index contributed by atoms with van der Waals surface area (Å²) in [5, 5.41) is 3.43. The van der Waals surface area contributed by atoms with Crippen LogP contribution >= 0.6 is 27.5 Å². The molecule has 0 aliphatic carbocycles. The van der Waals surface area contributed by atoms with Crippen molar-refractivity contribution in [2.45, 2.75) is 46.3 Å². The Labute approximate surface area is 185 Å². The van der Waals surface area contributed by atoms with Crippen LogP contribution in [0.25, 0.3) is 0 Å². The van der Waals surface area contributed by atoms with E-state index in [1.807, 2.05) is 45.0 Å². The second-order valence-electron chi connectivity index (χ2n) is 7.21. The summed E-state index contributed by atoms with van der Waals surface area (Å²) in [5.74, 6) is 0.0333. The zero-order valence-corrected chi connectivity index (χ0v) is 19.4. The number of hydrogen-bond donors (Lipinski definition) is 1. The standard InChI is InChI=1S/C22H26BrClN2O3/c1-14(2)25-22(28)16(4)26(12-17-7-5-6-15(3)10-17)21(27)13-29-20-9-8-18(24)11-19(20)23/h5-11,14,16H,12-13H2,1-4H3,(H,25,28)/t16-/m0/s1. The highest BCUT2D eigenvalue weighted by atomic mass is 79.9. The van der Waals surface area contributed by atoms with Gasteiger partial charge < -0.3 is 15.0 Å². The Balaban J connectivity index is 2.17. The molecule has 0 spiro atoms. The van der Waals surface area contributed by atoms with Crippen molar-refractivity contribution in [1.29, 1.82) is 0 Å². The molecule has 0 radical (unpaired) electrons. The van der Waals surface area contributed by atoms with E-state index in [4.69, 9.17) is 16.3 Å². The molecule has 0 fully saturated rings. The number of aryl methyl sites for hydroxylation is 1. The fraction of sp³-hybridized carbons (Fsp3) is 0.364. The molecule has 2 amide bonds. The Bertz CT molecular complexity index is 873. The lowest BCUT2D eigenvalue weighted by Crippen LogP contribution is -2.50. The van der Waals surface area contributed by atoms with Crippen LogP contribution < -0.4 is 10.1 Å². The van der Waals surface area contributed by atoms with Crippen LogP contribution in [0.5, 0.6) is 5.75 Å². The van der Waals surface area contributed by atoms with E-state index in [0.29, 0.717) is 21.8 Å². The van der Waals surface area contributed by atoms with Crippen molar-refractivity contribution in [2.24, 2.45) is 0 Å². The maximum absolute atomic E-state index is 13.0. The number of nitrogens with one attached hydrogen (secondary N) is 1. The Kier molecular flexibility index (Phi) is 8.53. The number of halogens is 2. The summed E-state index contributed by atoms with van der Waals surface area (Å²) in [7, 11) is 0. The smallest absolute Gasteiger partial charge is 0.261 e. The summed E-state index contributed by atoms with van der Waals surface area (Å²) in [6.45, 7) is 7.62. The number of ether oxygens (including phenoxy) is 1. The number of amides is 2. The predicted molar refractivity (Wildman–Crippen MR) is 119 cm³/mol. The van der Waals surface area contributed by atoms with Crippen LogP contribution in [0, 0.1) is 6.92 Å². The van der Waals surface area contributed by atoms with Crippen molar-refractivity contribution in [3.8, 4) is 5.75 Å². The van der Waals surface area contributed by atoms with Crippen LogP contribution in [0.3, 0.4) is 0 Å². The third-order valence-corrected chi connectivity index (χ3v) is 5.13. The third-order valence-electron chi connectivity index (χ3n) is 4.28. The van der Waals surface area contributed by atoms with Crippen LogP contribution in [0.1, 0.15) is 31.9 Å². The zero-order valence-electron chi connectivity index (χ0n) is 17.0. The van der Waals surface area contributed by atoms with Crippen molar-refractivity contribution < 1.29 is 14.3 Å². The summed E-state index contributed by atoms with van der Waals surface area (Å²) in [6.07, 6.45) is 0. The number of benzene rings is 2. The molecule has 1 atom stereocenters. The number of carbonyl (C=O) groups excluding carboxylic acids is 2. The summed E-state index contributed by atoms with van der Waals surface area (Å²) in [6, 6.07) is 12.3. The van der Waals surface area contributed by atoms with Crippen molar-refractivity contribution in [3.63, 3.8) is 0 Å². The van der Waals surface area contributed by atoms with Gasteiger partial charge in [-0.3, -0.25) is 9.59 Å². The lowest BCUT2D eigenvalue weighted by atomic mass is 10.1. The van der Waals surface area contributed by atoms with Gasteiger partial charge in [-0.05, 0) is 67.4 Å². The van der Waals surface area contributed by atoms with Gasteiger partial charge in [0.05, 0.1) is 4.47 Å². The SMILES string of the molecule is Cc1cccc(CN(C(=O)COc2ccc(Cl)cc2Br)[C@@H](C)C(=O)NC(C)C)c1. The molecular formula is C22H26BrClN2O3. The highest BCUT2D eigenvalue weighted by Gasteiger charge is 2.27. The van der Waals surface area contributed by atoms with E-state index in [9.17, 15) is 9.59 Å². The van der Waals surface area contributed by atoms with E-state index in [1.165, 1.54) is 4.90 Å². The summed E-state index contributed by atoms with van der Waals surface area (Å²) in [5.41, 5.74) is 2.05. The molecule has 0 aliphatic rings. The number of hydrogen-bond acceptors (Lipinski definition) is 3. The topological polar surface area (TPSA) is 58.6 Å². The first-order valence-electron chi connectivity index (χ1n) is 9.40. The highest BCUT2D eigenvalue weighted by Crippen LogP contribution is 2.28. The van der Waals surface area contributed by atoms with Gasteiger partial charge in [-0.15, -0.1) is 0 Å². The lowest BCUT2D eigenvalue weighted by molar-refractivity contribution is -0.142. The molecule has 0 heterocycles. The largest absolute Gasteiger partial charge is 0.483 e. The molecule has 0 bridgehead atoms. The normalized spacial score (nSPS) is 11.8. The molecule has 1 N–H and O–H groups in total. The average molecular weight is 482 g/mol. The second kappa shape index (κ2) is 10.6. The van der Waals surface area contributed by atoms with Crippen molar-refractivity contribution in [3.05, 3.63) is 63.1 Å². The van der Waals surface area contributed by atoms with Gasteiger partial charge in [0, 0.05) is 17.6 Å². The van der Waals surface area contributed by atoms with Crippen LogP contribution in [0.4, 0.5) is 0 Å².